The molecule has 2 amide bonds. The number of ether oxygens (including phenoxy) is 1. The van der Waals surface area contributed by atoms with Crippen LogP contribution in [0, 0.1) is 0 Å². The number of amides is 2. The van der Waals surface area contributed by atoms with Crippen LogP contribution < -0.4 is 20.5 Å². The average Bonchev–Trinajstić information content (AvgIpc) is 2.67. The zero-order chi connectivity index (χ0) is 20.7. The second-order valence-electron chi connectivity index (χ2n) is 6.06. The zero-order valence-corrected chi connectivity index (χ0v) is 16.5. The monoisotopic (exact) mass is 405 g/mol. The Hall–Kier alpha value is -2.91. The number of benzene rings is 2. The average molecular weight is 405 g/mol. The van der Waals surface area contributed by atoms with Crippen LogP contribution in [0.15, 0.2) is 47.4 Å². The molecule has 150 valence electrons. The summed E-state index contributed by atoms with van der Waals surface area (Å²) in [7, 11) is -2.45. The zero-order valence-electron chi connectivity index (χ0n) is 15.7. The van der Waals surface area contributed by atoms with Crippen LogP contribution in [0.3, 0.4) is 0 Å². The van der Waals surface area contributed by atoms with Gasteiger partial charge in [-0.05, 0) is 42.3 Å². The molecule has 0 bridgehead atoms. The third-order valence-electron chi connectivity index (χ3n) is 3.85. The van der Waals surface area contributed by atoms with Crippen molar-refractivity contribution in [3.63, 3.8) is 0 Å². The fourth-order valence-corrected chi connectivity index (χ4v) is 3.78. The van der Waals surface area contributed by atoms with Crippen LogP contribution in [0.1, 0.15) is 29.3 Å². The Labute approximate surface area is 164 Å². The van der Waals surface area contributed by atoms with Crippen LogP contribution >= 0.6 is 0 Å². The topological polar surface area (TPSA) is 128 Å². The predicted molar refractivity (Wildman–Crippen MR) is 106 cm³/mol. The molecule has 0 unspecified atom stereocenters. The quantitative estimate of drug-likeness (QED) is 0.585. The Kier molecular flexibility index (Phi) is 7.13. The van der Waals surface area contributed by atoms with E-state index < -0.39 is 21.8 Å². The molecule has 2 aromatic rings. The van der Waals surface area contributed by atoms with Crippen LogP contribution in [0.5, 0.6) is 5.75 Å². The number of carbonyl (C=O) groups excluding carboxylic acids is 2. The van der Waals surface area contributed by atoms with E-state index in [1.807, 2.05) is 6.92 Å². The van der Waals surface area contributed by atoms with E-state index in [4.69, 9.17) is 10.5 Å². The van der Waals surface area contributed by atoms with Gasteiger partial charge in [0.1, 0.15) is 10.6 Å². The number of carbonyl (C=O) groups is 2. The van der Waals surface area contributed by atoms with Crippen molar-refractivity contribution in [2.75, 3.05) is 19.0 Å². The number of hydrogen-bond acceptors (Lipinski definition) is 5. The van der Waals surface area contributed by atoms with Gasteiger partial charge in [0.25, 0.3) is 5.91 Å². The normalized spacial score (nSPS) is 11.1. The Morgan fingerprint density at radius 3 is 2.36 bits per heavy atom. The lowest BCUT2D eigenvalue weighted by Crippen LogP contribution is -2.25. The van der Waals surface area contributed by atoms with Gasteiger partial charge in [-0.1, -0.05) is 19.1 Å². The van der Waals surface area contributed by atoms with Crippen molar-refractivity contribution in [1.82, 2.24) is 4.72 Å². The Bertz CT molecular complexity index is 956. The first kappa shape index (κ1) is 21.4. The maximum absolute atomic E-state index is 12.5. The molecular formula is C19H23N3O5S. The van der Waals surface area contributed by atoms with E-state index in [-0.39, 0.29) is 29.2 Å². The largest absolute Gasteiger partial charge is 0.495 e. The van der Waals surface area contributed by atoms with E-state index >= 15 is 0 Å². The van der Waals surface area contributed by atoms with Crippen molar-refractivity contribution in [3.8, 4) is 5.75 Å². The van der Waals surface area contributed by atoms with Crippen molar-refractivity contribution < 1.29 is 22.7 Å². The summed E-state index contributed by atoms with van der Waals surface area (Å²) >= 11 is 0. The number of sulfonamides is 1. The predicted octanol–water partition coefficient (Wildman–Crippen LogP) is 1.66. The van der Waals surface area contributed by atoms with Gasteiger partial charge in [0.05, 0.1) is 13.5 Å². The molecule has 8 nitrogen and oxygen atoms in total. The molecule has 4 N–H and O–H groups in total. The minimum Gasteiger partial charge on any atom is -0.495 e. The van der Waals surface area contributed by atoms with Crippen molar-refractivity contribution in [2.24, 2.45) is 5.73 Å². The minimum absolute atomic E-state index is 0.104. The van der Waals surface area contributed by atoms with Crippen LogP contribution in [0.4, 0.5) is 5.69 Å². The smallest absolute Gasteiger partial charge is 0.255 e. The van der Waals surface area contributed by atoms with Gasteiger partial charge in [-0.2, -0.15) is 0 Å². The molecule has 0 saturated heterocycles. The molecule has 0 atom stereocenters. The van der Waals surface area contributed by atoms with Crippen molar-refractivity contribution in [1.29, 1.82) is 0 Å². The van der Waals surface area contributed by atoms with E-state index in [1.165, 1.54) is 25.3 Å². The fourth-order valence-electron chi connectivity index (χ4n) is 2.45. The highest BCUT2D eigenvalue weighted by Gasteiger charge is 2.21. The highest BCUT2D eigenvalue weighted by molar-refractivity contribution is 7.89. The third-order valence-corrected chi connectivity index (χ3v) is 5.33. The highest BCUT2D eigenvalue weighted by Crippen LogP contribution is 2.25. The van der Waals surface area contributed by atoms with Gasteiger partial charge < -0.3 is 15.8 Å². The van der Waals surface area contributed by atoms with Gasteiger partial charge in [0, 0.05) is 17.8 Å². The van der Waals surface area contributed by atoms with Gasteiger partial charge >= 0.3 is 0 Å². The molecule has 0 radical (unpaired) electrons. The van der Waals surface area contributed by atoms with E-state index in [1.54, 1.807) is 24.3 Å². The maximum Gasteiger partial charge on any atom is 0.255 e. The van der Waals surface area contributed by atoms with Gasteiger partial charge in [0.2, 0.25) is 15.9 Å². The third kappa shape index (κ3) is 5.54. The number of primary amides is 1. The molecule has 0 saturated carbocycles. The summed E-state index contributed by atoms with van der Waals surface area (Å²) in [4.78, 5) is 23.4. The van der Waals surface area contributed by atoms with Crippen LogP contribution in [0.2, 0.25) is 0 Å². The van der Waals surface area contributed by atoms with Crippen LogP contribution in [0.25, 0.3) is 0 Å². The molecule has 0 aliphatic rings. The summed E-state index contributed by atoms with van der Waals surface area (Å²) in [6.45, 7) is 2.12. The van der Waals surface area contributed by atoms with E-state index in [2.05, 4.69) is 10.0 Å². The Morgan fingerprint density at radius 1 is 1.11 bits per heavy atom. The molecule has 9 heteroatoms. The fraction of sp³-hybridized carbons (Fsp3) is 0.263. The molecule has 0 aliphatic carbocycles. The molecule has 0 heterocycles. The Balaban J connectivity index is 2.23. The minimum atomic E-state index is -3.81. The molecule has 0 aromatic heterocycles. The first-order valence-electron chi connectivity index (χ1n) is 8.63. The first-order chi connectivity index (χ1) is 13.3. The number of methoxy groups -OCH3 is 1. The van der Waals surface area contributed by atoms with E-state index in [9.17, 15) is 18.0 Å². The summed E-state index contributed by atoms with van der Waals surface area (Å²) < 4.78 is 32.5. The summed E-state index contributed by atoms with van der Waals surface area (Å²) in [5.41, 5.74) is 6.54. The number of anilines is 1. The molecule has 2 aromatic carbocycles. The van der Waals surface area contributed by atoms with Gasteiger partial charge in [-0.3, -0.25) is 9.59 Å². The van der Waals surface area contributed by atoms with Crippen molar-refractivity contribution in [3.05, 3.63) is 53.6 Å². The van der Waals surface area contributed by atoms with Gasteiger partial charge in [-0.25, -0.2) is 13.1 Å². The van der Waals surface area contributed by atoms with Gasteiger partial charge in [-0.15, -0.1) is 0 Å². The lowest BCUT2D eigenvalue weighted by Gasteiger charge is -2.12. The lowest BCUT2D eigenvalue weighted by atomic mass is 10.1. The molecule has 2 rings (SSSR count). The van der Waals surface area contributed by atoms with Crippen LogP contribution in [-0.2, 0) is 21.2 Å². The molecule has 0 spiro atoms. The summed E-state index contributed by atoms with van der Waals surface area (Å²) in [6, 6.07) is 10.8. The highest BCUT2D eigenvalue weighted by atomic mass is 32.2. The van der Waals surface area contributed by atoms with Gasteiger partial charge in [0.15, 0.2) is 0 Å². The summed E-state index contributed by atoms with van der Waals surface area (Å²) in [5, 5.41) is 2.69. The van der Waals surface area contributed by atoms with E-state index in [0.717, 1.165) is 5.56 Å². The second-order valence-corrected chi connectivity index (χ2v) is 7.79. The van der Waals surface area contributed by atoms with Crippen LogP contribution in [-0.4, -0.2) is 33.9 Å². The first-order valence-corrected chi connectivity index (χ1v) is 10.1. The molecular weight excluding hydrogens is 382 g/mol. The molecule has 28 heavy (non-hydrogen) atoms. The van der Waals surface area contributed by atoms with E-state index in [0.29, 0.717) is 12.1 Å². The number of rotatable bonds is 9. The number of nitrogens with one attached hydrogen (secondary N) is 2. The standard InChI is InChI=1S/C19H23N3O5S/c1-3-10-21-28(25,26)17-12-14(6-9-16(17)27-2)19(24)22-15-7-4-13(5-8-15)11-18(20)23/h4-9,12,21H,3,10-11H2,1-2H3,(H2,20,23)(H,22,24). The Morgan fingerprint density at radius 2 is 1.79 bits per heavy atom. The lowest BCUT2D eigenvalue weighted by molar-refractivity contribution is -0.117. The van der Waals surface area contributed by atoms with Crippen molar-refractivity contribution >= 4 is 27.5 Å². The number of nitrogens with two attached hydrogens (primary N) is 1. The maximum atomic E-state index is 12.5. The van der Waals surface area contributed by atoms with Crippen molar-refractivity contribution in [2.45, 2.75) is 24.7 Å². The number of hydrogen-bond donors (Lipinski definition) is 3. The summed E-state index contributed by atoms with van der Waals surface area (Å²) in [5.74, 6) is -0.770. The molecule has 0 aliphatic heterocycles. The molecule has 0 fully saturated rings. The second kappa shape index (κ2) is 9.34. The SMILES string of the molecule is CCCNS(=O)(=O)c1cc(C(=O)Nc2ccc(CC(N)=O)cc2)ccc1OC. The summed E-state index contributed by atoms with van der Waals surface area (Å²) in [6.07, 6.45) is 0.742.